The molecule has 3 heteroatoms. The minimum atomic E-state index is -0.187. The van der Waals surface area contributed by atoms with Gasteiger partial charge in [0.05, 0.1) is 0 Å². The van der Waals surface area contributed by atoms with Crippen LogP contribution in [0.15, 0.2) is 48.5 Å². The van der Waals surface area contributed by atoms with E-state index in [-0.39, 0.29) is 11.7 Å². The first-order chi connectivity index (χ1) is 14.4. The predicted molar refractivity (Wildman–Crippen MR) is 123 cm³/mol. The molecule has 0 heterocycles. The highest BCUT2D eigenvalue weighted by Crippen LogP contribution is 2.43. The van der Waals surface area contributed by atoms with Crippen molar-refractivity contribution in [3.63, 3.8) is 0 Å². The Morgan fingerprint density at radius 3 is 1.37 bits per heavy atom. The molecule has 30 heavy (non-hydrogen) atoms. The number of hydrogen-bond donors (Lipinski definition) is 3. The predicted octanol–water partition coefficient (Wildman–Crippen LogP) is 6.23. The molecule has 0 fully saturated rings. The number of aromatic hydroxyl groups is 3. The molecule has 0 unspecified atom stereocenters. The van der Waals surface area contributed by atoms with Gasteiger partial charge in [-0.1, -0.05) is 58.0 Å². The summed E-state index contributed by atoms with van der Waals surface area (Å²) >= 11 is 0. The van der Waals surface area contributed by atoms with Gasteiger partial charge in [-0.2, -0.15) is 0 Å². The van der Waals surface area contributed by atoms with Gasteiger partial charge in [0.1, 0.15) is 17.2 Å². The first-order valence-corrected chi connectivity index (χ1v) is 10.9. The van der Waals surface area contributed by atoms with Crippen molar-refractivity contribution in [2.45, 2.75) is 59.3 Å². The molecule has 0 aliphatic rings. The number of rotatable bonds is 7. The lowest BCUT2D eigenvalue weighted by Crippen LogP contribution is -2.11. The molecule has 3 aromatic carbocycles. The Morgan fingerprint density at radius 2 is 0.967 bits per heavy atom. The zero-order valence-electron chi connectivity index (χ0n) is 18.4. The van der Waals surface area contributed by atoms with E-state index < -0.39 is 0 Å². The molecule has 0 aromatic heterocycles. The maximum atomic E-state index is 10.8. The second-order valence-electron chi connectivity index (χ2n) is 7.77. The average Bonchev–Trinajstić information content (AvgIpc) is 2.76. The van der Waals surface area contributed by atoms with Crippen LogP contribution in [-0.2, 0) is 25.7 Å². The van der Waals surface area contributed by atoms with Crippen LogP contribution in [0.2, 0.25) is 0 Å². The lowest BCUT2D eigenvalue weighted by Gasteiger charge is -2.26. The summed E-state index contributed by atoms with van der Waals surface area (Å²) in [6, 6.07) is 15.4. The van der Waals surface area contributed by atoms with Crippen molar-refractivity contribution in [1.29, 1.82) is 0 Å². The van der Waals surface area contributed by atoms with Gasteiger partial charge >= 0.3 is 0 Å². The molecule has 3 aromatic rings. The van der Waals surface area contributed by atoms with Crippen molar-refractivity contribution in [3.05, 3.63) is 87.5 Å². The van der Waals surface area contributed by atoms with Gasteiger partial charge < -0.3 is 15.3 Å². The van der Waals surface area contributed by atoms with Crippen molar-refractivity contribution in [3.8, 4) is 17.2 Å². The van der Waals surface area contributed by atoms with Crippen LogP contribution < -0.4 is 0 Å². The topological polar surface area (TPSA) is 60.7 Å². The lowest BCUT2D eigenvalue weighted by molar-refractivity contribution is 0.464. The van der Waals surface area contributed by atoms with Crippen LogP contribution in [-0.4, -0.2) is 15.3 Å². The molecule has 0 bridgehead atoms. The van der Waals surface area contributed by atoms with Crippen molar-refractivity contribution in [1.82, 2.24) is 0 Å². The van der Waals surface area contributed by atoms with E-state index in [4.69, 9.17) is 0 Å². The van der Waals surface area contributed by atoms with E-state index in [9.17, 15) is 15.3 Å². The summed E-state index contributed by atoms with van der Waals surface area (Å²) in [7, 11) is 0. The molecule has 0 saturated carbocycles. The van der Waals surface area contributed by atoms with E-state index in [1.54, 1.807) is 6.07 Å². The van der Waals surface area contributed by atoms with E-state index in [1.807, 2.05) is 44.2 Å². The molecule has 0 amide bonds. The summed E-state index contributed by atoms with van der Waals surface area (Å²) in [6.45, 7) is 8.24. The van der Waals surface area contributed by atoms with Crippen LogP contribution in [0.5, 0.6) is 17.2 Å². The van der Waals surface area contributed by atoms with Crippen LogP contribution in [0, 0.1) is 0 Å². The van der Waals surface area contributed by atoms with Crippen LogP contribution in [0.4, 0.5) is 0 Å². The molecule has 3 rings (SSSR count). The minimum Gasteiger partial charge on any atom is -0.508 e. The van der Waals surface area contributed by atoms with Gasteiger partial charge in [0.25, 0.3) is 0 Å². The van der Waals surface area contributed by atoms with Gasteiger partial charge in [0.2, 0.25) is 0 Å². The maximum Gasteiger partial charge on any atom is 0.119 e. The largest absolute Gasteiger partial charge is 0.508 e. The normalized spacial score (nSPS) is 11.2. The molecule has 0 spiro atoms. The van der Waals surface area contributed by atoms with Gasteiger partial charge in [-0.15, -0.1) is 0 Å². The van der Waals surface area contributed by atoms with E-state index in [0.717, 1.165) is 64.6 Å². The van der Waals surface area contributed by atoms with Crippen LogP contribution >= 0.6 is 0 Å². The zero-order chi connectivity index (χ0) is 21.8. The lowest BCUT2D eigenvalue weighted by atomic mass is 9.78. The van der Waals surface area contributed by atoms with Gasteiger partial charge in [-0.05, 0) is 77.3 Å². The van der Waals surface area contributed by atoms with Crippen molar-refractivity contribution in [2.75, 3.05) is 0 Å². The van der Waals surface area contributed by atoms with Crippen molar-refractivity contribution < 1.29 is 15.3 Å². The third-order valence-corrected chi connectivity index (χ3v) is 6.07. The fourth-order valence-corrected chi connectivity index (χ4v) is 4.34. The van der Waals surface area contributed by atoms with Gasteiger partial charge in [-0.3, -0.25) is 0 Å². The fraction of sp³-hybridized carbons (Fsp3) is 0.333. The minimum absolute atomic E-state index is 0.187. The second-order valence-corrected chi connectivity index (χ2v) is 7.77. The SMILES string of the molecule is CCc1cc(C(c2ccccc2O)c2cc(CC)c(O)cc2CC)c(CC)cc1O. The summed E-state index contributed by atoms with van der Waals surface area (Å²) in [5.41, 5.74) is 6.94. The smallest absolute Gasteiger partial charge is 0.119 e. The molecule has 0 aliphatic heterocycles. The molecule has 0 aliphatic carbocycles. The number of aryl methyl sites for hydroxylation is 4. The quantitative estimate of drug-likeness (QED) is 0.409. The molecule has 158 valence electrons. The first-order valence-electron chi connectivity index (χ1n) is 10.9. The van der Waals surface area contributed by atoms with E-state index in [1.165, 1.54) is 0 Å². The Morgan fingerprint density at radius 1 is 0.533 bits per heavy atom. The monoisotopic (exact) mass is 404 g/mol. The molecule has 0 saturated heterocycles. The van der Waals surface area contributed by atoms with E-state index >= 15 is 0 Å². The van der Waals surface area contributed by atoms with Crippen LogP contribution in [0.1, 0.15) is 72.6 Å². The average molecular weight is 405 g/mol. The van der Waals surface area contributed by atoms with Gasteiger partial charge in [-0.25, -0.2) is 0 Å². The summed E-state index contributed by atoms with van der Waals surface area (Å²) in [5, 5.41) is 31.7. The summed E-state index contributed by atoms with van der Waals surface area (Å²) in [5.74, 6) is 0.714. The highest BCUT2D eigenvalue weighted by Gasteiger charge is 2.26. The summed E-state index contributed by atoms with van der Waals surface area (Å²) in [6.07, 6.45) is 3.01. The first kappa shape index (κ1) is 21.8. The Labute approximate surface area is 179 Å². The highest BCUT2D eigenvalue weighted by atomic mass is 16.3. The standard InChI is InChI=1S/C27H32O3/c1-5-17-15-25(29)19(7-3)13-22(17)27(21-11-9-10-12-24(21)28)23-14-20(8-4)26(30)16-18(23)6-2/h9-16,27-30H,5-8H2,1-4H3. The number of hydrogen-bond acceptors (Lipinski definition) is 3. The zero-order valence-corrected chi connectivity index (χ0v) is 18.4. The van der Waals surface area contributed by atoms with E-state index in [0.29, 0.717) is 11.5 Å². The molecule has 0 atom stereocenters. The number of phenols is 3. The third kappa shape index (κ3) is 4.02. The number of benzene rings is 3. The Hall–Kier alpha value is -2.94. The molecular formula is C27H32O3. The fourth-order valence-electron chi connectivity index (χ4n) is 4.34. The van der Waals surface area contributed by atoms with Gasteiger partial charge in [0, 0.05) is 11.5 Å². The molecule has 3 N–H and O–H groups in total. The Bertz CT molecular complexity index is 975. The van der Waals surface area contributed by atoms with Crippen molar-refractivity contribution in [2.24, 2.45) is 0 Å². The van der Waals surface area contributed by atoms with E-state index in [2.05, 4.69) is 26.0 Å². The van der Waals surface area contributed by atoms with Crippen molar-refractivity contribution >= 4 is 0 Å². The molecular weight excluding hydrogens is 372 g/mol. The van der Waals surface area contributed by atoms with Gasteiger partial charge in [0.15, 0.2) is 0 Å². The van der Waals surface area contributed by atoms with Crippen LogP contribution in [0.3, 0.4) is 0 Å². The summed E-state index contributed by atoms with van der Waals surface area (Å²) in [4.78, 5) is 0. The molecule has 3 nitrogen and oxygen atoms in total. The molecule has 0 radical (unpaired) electrons. The Balaban J connectivity index is 2.40. The van der Waals surface area contributed by atoms with Crippen LogP contribution in [0.25, 0.3) is 0 Å². The Kier molecular flexibility index (Phi) is 6.71. The summed E-state index contributed by atoms with van der Waals surface area (Å²) < 4.78 is 0. The number of para-hydroxylation sites is 1. The second kappa shape index (κ2) is 9.25. The highest BCUT2D eigenvalue weighted by molar-refractivity contribution is 5.57. The third-order valence-electron chi connectivity index (χ3n) is 6.07. The maximum absolute atomic E-state index is 10.8. The number of phenolic OH excluding ortho intramolecular Hbond substituents is 3.